The first-order chi connectivity index (χ1) is 35.6. The minimum Gasteiger partial charge on any atom is -0.432 e. The first-order valence-corrected chi connectivity index (χ1v) is 27.5. The van der Waals surface area contributed by atoms with Crippen LogP contribution in [0.5, 0.6) is 0 Å². The Morgan fingerprint density at radius 3 is 1.99 bits per heavy atom. The number of hydrogen-bond acceptors (Lipinski definition) is 23. The van der Waals surface area contributed by atoms with E-state index in [9.17, 15) is 71.5 Å². The van der Waals surface area contributed by atoms with E-state index in [2.05, 4.69) is 40.7 Å². The molecule has 4 heterocycles. The Balaban J connectivity index is 0.875. The number of aliphatic hydroxyl groups excluding tert-OH is 14. The molecule has 23 heteroatoms. The monoisotopic (exact) mass is 1090 g/mol. The molecule has 0 aromatic carbocycles. The summed E-state index contributed by atoms with van der Waals surface area (Å²) in [4.78, 5) is 15.1. The van der Waals surface area contributed by atoms with Crippen molar-refractivity contribution in [2.45, 2.75) is 229 Å². The molecule has 9 rings (SSSR count). The van der Waals surface area contributed by atoms with Crippen LogP contribution in [0.1, 0.15) is 99.8 Å². The van der Waals surface area contributed by atoms with Crippen molar-refractivity contribution in [1.29, 1.82) is 0 Å². The highest BCUT2D eigenvalue weighted by Crippen LogP contribution is 2.76. The zero-order valence-electron chi connectivity index (χ0n) is 44.5. The number of ether oxygens (including phenoxy) is 8. The lowest BCUT2D eigenvalue weighted by Crippen LogP contribution is -2.68. The quantitative estimate of drug-likeness (QED) is 0.0747. The molecule has 0 bridgehead atoms. The summed E-state index contributed by atoms with van der Waals surface area (Å²) in [5, 5.41) is 153. The molecule has 436 valence electrons. The normalized spacial score (nSPS) is 56.5. The number of carbonyl (C=O) groups excluding carboxylic acids is 1. The fraction of sp³-hybridized carbons (Fsp3) is 0.943. The summed E-state index contributed by atoms with van der Waals surface area (Å²) in [6.07, 6.45) is -26.6. The van der Waals surface area contributed by atoms with E-state index in [4.69, 9.17) is 37.9 Å². The average molecular weight is 1090 g/mol. The van der Waals surface area contributed by atoms with Crippen LogP contribution in [0.15, 0.2) is 11.6 Å². The summed E-state index contributed by atoms with van der Waals surface area (Å²) in [7, 11) is 0. The molecule has 4 saturated carbocycles. The third-order valence-corrected chi connectivity index (χ3v) is 21.4. The highest BCUT2D eigenvalue weighted by atomic mass is 16.8. The van der Waals surface area contributed by atoms with Crippen molar-refractivity contribution in [3.05, 3.63) is 11.6 Å². The van der Waals surface area contributed by atoms with E-state index in [1.165, 1.54) is 12.5 Å². The van der Waals surface area contributed by atoms with Gasteiger partial charge in [-0.15, -0.1) is 0 Å². The number of rotatable bonds is 11. The maximum absolute atomic E-state index is 15.1. The van der Waals surface area contributed by atoms with Gasteiger partial charge in [0.2, 0.25) is 6.29 Å². The molecule has 8 fully saturated rings. The van der Waals surface area contributed by atoms with E-state index in [-0.39, 0.29) is 47.0 Å². The van der Waals surface area contributed by atoms with Crippen LogP contribution in [0.25, 0.3) is 0 Å². The third-order valence-electron chi connectivity index (χ3n) is 21.4. The van der Waals surface area contributed by atoms with Gasteiger partial charge in [0.25, 0.3) is 0 Å². The second kappa shape index (κ2) is 21.6. The van der Waals surface area contributed by atoms with Crippen molar-refractivity contribution in [3.63, 3.8) is 0 Å². The van der Waals surface area contributed by atoms with Gasteiger partial charge in [-0.25, -0.2) is 0 Å². The Morgan fingerprint density at radius 1 is 0.645 bits per heavy atom. The number of allylic oxidation sites excluding steroid dienone is 2. The van der Waals surface area contributed by atoms with Crippen molar-refractivity contribution in [2.24, 2.45) is 56.7 Å². The second-order valence-corrected chi connectivity index (χ2v) is 25.3. The molecule has 76 heavy (non-hydrogen) atoms. The van der Waals surface area contributed by atoms with E-state index in [0.29, 0.717) is 32.1 Å². The molecule has 0 spiro atoms. The van der Waals surface area contributed by atoms with Gasteiger partial charge in [0.05, 0.1) is 50.2 Å². The van der Waals surface area contributed by atoms with Crippen LogP contribution in [0.2, 0.25) is 0 Å². The lowest BCUT2D eigenvalue weighted by molar-refractivity contribution is -0.375. The SMILES string of the molecule is CC1CCC2(C(=O)OC3OC(COC4OC(CO)C(OC5OC(C)C(O)C(OC6OCC(O)C(O)C6O)C5O)C(O)C4O)C(O)C(O)C3O)CCC3(C)C(=CCC4C5(C)CC(O)C(O)C(C)(CO)C5CCC43C)C2C1C. The van der Waals surface area contributed by atoms with Crippen LogP contribution >= 0.6 is 0 Å². The molecule has 23 nitrogen and oxygen atoms in total. The fourth-order valence-electron chi connectivity index (χ4n) is 16.4. The summed E-state index contributed by atoms with van der Waals surface area (Å²) in [6, 6.07) is 0. The van der Waals surface area contributed by atoms with Gasteiger partial charge in [-0.2, -0.15) is 0 Å². The van der Waals surface area contributed by atoms with Gasteiger partial charge in [-0.1, -0.05) is 53.2 Å². The Hall–Kier alpha value is -1.63. The minimum absolute atomic E-state index is 0.0282. The predicted octanol–water partition coefficient (Wildman–Crippen LogP) is -2.57. The maximum atomic E-state index is 15.1. The van der Waals surface area contributed by atoms with Gasteiger partial charge in [-0.05, 0) is 104 Å². The van der Waals surface area contributed by atoms with Crippen molar-refractivity contribution < 1.29 is 114 Å². The topological polar surface area (TPSA) is 374 Å². The summed E-state index contributed by atoms with van der Waals surface area (Å²) < 4.78 is 46.2. The maximum Gasteiger partial charge on any atom is 0.315 e. The van der Waals surface area contributed by atoms with Crippen LogP contribution in [0, 0.1) is 56.7 Å². The third kappa shape index (κ3) is 9.27. The Kier molecular flexibility index (Phi) is 16.8. The van der Waals surface area contributed by atoms with E-state index in [1.54, 1.807) is 0 Å². The highest BCUT2D eigenvalue weighted by molar-refractivity contribution is 5.79. The number of carbonyl (C=O) groups is 1. The summed E-state index contributed by atoms with van der Waals surface area (Å²) >= 11 is 0. The number of hydrogen-bond donors (Lipinski definition) is 14. The lowest BCUT2D eigenvalue weighted by Gasteiger charge is -2.71. The molecule has 0 aromatic heterocycles. The highest BCUT2D eigenvalue weighted by Gasteiger charge is 2.71. The largest absolute Gasteiger partial charge is 0.432 e. The molecular weight excluding hydrogens is 1000 g/mol. The van der Waals surface area contributed by atoms with Gasteiger partial charge in [0.15, 0.2) is 18.9 Å². The Bertz CT molecular complexity index is 2090. The second-order valence-electron chi connectivity index (χ2n) is 25.3. The molecule has 14 N–H and O–H groups in total. The standard InChI is InChI=1S/C53H86O23/c1-21-10-13-53(15-14-51(6)24(31(53)22(21)2)8-9-30-49(4)16-25(56)43(67)50(5,20-55)29(49)11-12-52(30,51)7)48(68)76-46-38(64)35(61)34(60)28(73-46)19-70-44-39(65)36(62)41(27(17-54)72-44)74-47-40(66)42(32(58)23(3)71-47)75-45-37(63)33(59)26(57)18-69-45/h8,21-23,25-47,54-67H,9-20H2,1-7H3. The molecule has 4 saturated heterocycles. The molecule has 0 aromatic rings. The Labute approximate surface area is 442 Å². The average Bonchev–Trinajstić information content (AvgIpc) is 3.57. The zero-order valence-corrected chi connectivity index (χ0v) is 44.5. The predicted molar refractivity (Wildman–Crippen MR) is 258 cm³/mol. The van der Waals surface area contributed by atoms with Crippen molar-refractivity contribution in [2.75, 3.05) is 26.4 Å². The van der Waals surface area contributed by atoms with Crippen molar-refractivity contribution in [3.8, 4) is 0 Å². The van der Waals surface area contributed by atoms with Crippen LogP contribution in [0.4, 0.5) is 0 Å². The Morgan fingerprint density at radius 2 is 1.30 bits per heavy atom. The summed E-state index contributed by atoms with van der Waals surface area (Å²) in [5.41, 5.74) is -1.77. The molecule has 9 aliphatic rings. The van der Waals surface area contributed by atoms with Crippen LogP contribution in [0.3, 0.4) is 0 Å². The van der Waals surface area contributed by atoms with E-state index >= 15 is 4.79 Å². The number of esters is 1. The summed E-state index contributed by atoms with van der Waals surface area (Å²) in [5.74, 6) is -0.522. The minimum atomic E-state index is -1.94. The van der Waals surface area contributed by atoms with Gasteiger partial charge in [0, 0.05) is 5.41 Å². The van der Waals surface area contributed by atoms with Gasteiger partial charge in [0.1, 0.15) is 85.5 Å². The van der Waals surface area contributed by atoms with Gasteiger partial charge < -0.3 is 109 Å². The van der Waals surface area contributed by atoms with E-state index in [1.807, 2.05) is 6.92 Å². The zero-order chi connectivity index (χ0) is 55.5. The van der Waals surface area contributed by atoms with Crippen LogP contribution in [-0.2, 0) is 42.7 Å². The molecule has 31 unspecified atom stereocenters. The first kappa shape index (κ1) is 59.0. The molecule has 31 atom stereocenters. The number of fused-ring (bicyclic) bond motifs is 7. The van der Waals surface area contributed by atoms with Crippen molar-refractivity contribution in [1.82, 2.24) is 0 Å². The molecule has 0 amide bonds. The van der Waals surface area contributed by atoms with E-state index < -0.39 is 171 Å². The first-order valence-electron chi connectivity index (χ1n) is 27.5. The number of aliphatic hydroxyl groups is 14. The smallest absolute Gasteiger partial charge is 0.315 e. The van der Waals surface area contributed by atoms with E-state index in [0.717, 1.165) is 19.3 Å². The fourth-order valence-corrected chi connectivity index (χ4v) is 16.4. The molecule has 5 aliphatic carbocycles. The molecule has 0 radical (unpaired) electrons. The van der Waals surface area contributed by atoms with Crippen molar-refractivity contribution >= 4 is 5.97 Å². The molecule has 4 aliphatic heterocycles. The summed E-state index contributed by atoms with van der Waals surface area (Å²) in [6.45, 7) is 12.3. The van der Waals surface area contributed by atoms with Crippen LogP contribution in [-0.4, -0.2) is 233 Å². The lowest BCUT2D eigenvalue weighted by atomic mass is 9.33. The molecular formula is C53H86O23. The van der Waals surface area contributed by atoms with Gasteiger partial charge in [-0.3, -0.25) is 4.79 Å². The van der Waals surface area contributed by atoms with Gasteiger partial charge >= 0.3 is 5.97 Å². The van der Waals surface area contributed by atoms with Crippen LogP contribution < -0.4 is 0 Å².